The van der Waals surface area contributed by atoms with E-state index >= 15 is 0 Å². The van der Waals surface area contributed by atoms with Crippen LogP contribution < -0.4 is 5.32 Å². The molecular formula is C15H26N2O4. The molecule has 2 rings (SSSR count). The van der Waals surface area contributed by atoms with Crippen molar-refractivity contribution < 1.29 is 19.4 Å². The van der Waals surface area contributed by atoms with Gasteiger partial charge in [0.15, 0.2) is 0 Å². The number of hydrogen-bond donors (Lipinski definition) is 2. The van der Waals surface area contributed by atoms with Crippen LogP contribution in [0.1, 0.15) is 39.0 Å². The van der Waals surface area contributed by atoms with E-state index in [2.05, 4.69) is 5.32 Å². The number of carboxylic acids is 1. The molecule has 21 heavy (non-hydrogen) atoms. The molecule has 1 heterocycles. The van der Waals surface area contributed by atoms with Crippen LogP contribution in [0.2, 0.25) is 0 Å². The van der Waals surface area contributed by atoms with Crippen LogP contribution in [0.15, 0.2) is 0 Å². The molecule has 1 aliphatic carbocycles. The second kappa shape index (κ2) is 7.64. The Bertz CT molecular complexity index is 375. The summed E-state index contributed by atoms with van der Waals surface area (Å²) in [4.78, 5) is 25.4. The fourth-order valence-electron chi connectivity index (χ4n) is 3.36. The first kappa shape index (κ1) is 16.1. The van der Waals surface area contributed by atoms with E-state index in [1.807, 2.05) is 11.8 Å². The van der Waals surface area contributed by atoms with Crippen molar-refractivity contribution in [2.75, 3.05) is 26.3 Å². The van der Waals surface area contributed by atoms with Crippen molar-refractivity contribution in [2.45, 2.75) is 45.1 Å². The first-order valence-electron chi connectivity index (χ1n) is 7.98. The highest BCUT2D eigenvalue weighted by Crippen LogP contribution is 2.29. The standard InChI is InChI=1S/C15H26N2O4/c1-2-12-10-21-8-7-17(12)15(20)16-9-11-5-3-4-6-13(11)14(18)19/h11-13H,2-10H2,1H3,(H,16,20)(H,18,19). The van der Waals surface area contributed by atoms with E-state index in [9.17, 15) is 14.7 Å². The van der Waals surface area contributed by atoms with E-state index in [4.69, 9.17) is 4.74 Å². The number of nitrogens with one attached hydrogen (secondary N) is 1. The van der Waals surface area contributed by atoms with Gasteiger partial charge in [-0.1, -0.05) is 19.8 Å². The summed E-state index contributed by atoms with van der Waals surface area (Å²) in [6.45, 7) is 4.28. The lowest BCUT2D eigenvalue weighted by atomic mass is 9.79. The van der Waals surface area contributed by atoms with Gasteiger partial charge < -0.3 is 20.1 Å². The van der Waals surface area contributed by atoms with Gasteiger partial charge in [0.25, 0.3) is 0 Å². The van der Waals surface area contributed by atoms with Gasteiger partial charge in [0, 0.05) is 13.1 Å². The number of carbonyl (C=O) groups is 2. The molecule has 1 aliphatic heterocycles. The van der Waals surface area contributed by atoms with E-state index in [1.165, 1.54) is 0 Å². The number of urea groups is 1. The number of morpholine rings is 1. The molecule has 3 unspecified atom stereocenters. The third-order valence-electron chi connectivity index (χ3n) is 4.70. The number of aliphatic carboxylic acids is 1. The van der Waals surface area contributed by atoms with Gasteiger partial charge in [0.05, 0.1) is 25.2 Å². The molecule has 0 aromatic heterocycles. The van der Waals surface area contributed by atoms with E-state index in [-0.39, 0.29) is 23.9 Å². The number of hydrogen-bond acceptors (Lipinski definition) is 3. The Labute approximate surface area is 125 Å². The van der Waals surface area contributed by atoms with Gasteiger partial charge in [-0.05, 0) is 25.2 Å². The molecule has 0 aromatic rings. The van der Waals surface area contributed by atoms with E-state index in [1.54, 1.807) is 0 Å². The first-order chi connectivity index (χ1) is 10.1. The molecule has 2 amide bonds. The zero-order valence-electron chi connectivity index (χ0n) is 12.7. The second-order valence-electron chi connectivity index (χ2n) is 6.01. The highest BCUT2D eigenvalue weighted by molar-refractivity contribution is 5.75. The summed E-state index contributed by atoms with van der Waals surface area (Å²) in [7, 11) is 0. The number of amides is 2. The van der Waals surface area contributed by atoms with E-state index in [0.717, 1.165) is 32.1 Å². The lowest BCUT2D eigenvalue weighted by Crippen LogP contribution is -2.53. The molecule has 3 atom stereocenters. The van der Waals surface area contributed by atoms with Gasteiger partial charge in [-0.2, -0.15) is 0 Å². The number of carboxylic acid groups (broad SMARTS) is 1. The third kappa shape index (κ3) is 4.09. The van der Waals surface area contributed by atoms with Crippen molar-refractivity contribution in [1.29, 1.82) is 0 Å². The maximum Gasteiger partial charge on any atom is 0.317 e. The smallest absolute Gasteiger partial charge is 0.317 e. The summed E-state index contributed by atoms with van der Waals surface area (Å²) in [5.41, 5.74) is 0. The quantitative estimate of drug-likeness (QED) is 0.828. The molecule has 0 spiro atoms. The third-order valence-corrected chi connectivity index (χ3v) is 4.70. The Morgan fingerprint density at radius 2 is 2.10 bits per heavy atom. The van der Waals surface area contributed by atoms with Crippen LogP contribution in [-0.2, 0) is 9.53 Å². The molecule has 1 saturated carbocycles. The highest BCUT2D eigenvalue weighted by Gasteiger charge is 2.32. The predicted molar refractivity (Wildman–Crippen MR) is 78.1 cm³/mol. The predicted octanol–water partition coefficient (Wildman–Crippen LogP) is 1.70. The van der Waals surface area contributed by atoms with Crippen LogP contribution in [0.5, 0.6) is 0 Å². The summed E-state index contributed by atoms with van der Waals surface area (Å²) >= 11 is 0. The first-order valence-corrected chi connectivity index (χ1v) is 7.98. The molecule has 120 valence electrons. The van der Waals surface area contributed by atoms with Gasteiger partial charge in [-0.25, -0.2) is 4.79 Å². The van der Waals surface area contributed by atoms with E-state index in [0.29, 0.717) is 26.3 Å². The maximum absolute atomic E-state index is 12.3. The summed E-state index contributed by atoms with van der Waals surface area (Å²) in [6.07, 6.45) is 4.51. The van der Waals surface area contributed by atoms with Crippen molar-refractivity contribution in [2.24, 2.45) is 11.8 Å². The fraction of sp³-hybridized carbons (Fsp3) is 0.867. The molecule has 6 nitrogen and oxygen atoms in total. The zero-order chi connectivity index (χ0) is 15.2. The molecule has 2 aliphatic rings. The number of carbonyl (C=O) groups excluding carboxylic acids is 1. The molecule has 0 bridgehead atoms. The molecule has 1 saturated heterocycles. The van der Waals surface area contributed by atoms with Crippen molar-refractivity contribution in [1.82, 2.24) is 10.2 Å². The Morgan fingerprint density at radius 1 is 1.33 bits per heavy atom. The van der Waals surface area contributed by atoms with Crippen LogP contribution >= 0.6 is 0 Å². The minimum Gasteiger partial charge on any atom is -0.481 e. The van der Waals surface area contributed by atoms with Crippen LogP contribution in [0.25, 0.3) is 0 Å². The van der Waals surface area contributed by atoms with Crippen LogP contribution in [0, 0.1) is 11.8 Å². The summed E-state index contributed by atoms with van der Waals surface area (Å²) in [5.74, 6) is -0.987. The molecule has 0 radical (unpaired) electrons. The Kier molecular flexibility index (Phi) is 5.85. The van der Waals surface area contributed by atoms with Crippen LogP contribution in [0.3, 0.4) is 0 Å². The van der Waals surface area contributed by atoms with Gasteiger partial charge in [0.2, 0.25) is 0 Å². The molecule has 2 N–H and O–H groups in total. The van der Waals surface area contributed by atoms with Crippen molar-refractivity contribution in [3.05, 3.63) is 0 Å². The lowest BCUT2D eigenvalue weighted by molar-refractivity contribution is -0.144. The minimum absolute atomic E-state index is 0.0568. The lowest BCUT2D eigenvalue weighted by Gasteiger charge is -2.36. The zero-order valence-corrected chi connectivity index (χ0v) is 12.7. The monoisotopic (exact) mass is 298 g/mol. The average Bonchev–Trinajstić information content (AvgIpc) is 2.52. The van der Waals surface area contributed by atoms with Crippen LogP contribution in [0.4, 0.5) is 4.79 Å². The van der Waals surface area contributed by atoms with Gasteiger partial charge >= 0.3 is 12.0 Å². The van der Waals surface area contributed by atoms with Crippen LogP contribution in [-0.4, -0.2) is 54.4 Å². The second-order valence-corrected chi connectivity index (χ2v) is 6.01. The van der Waals surface area contributed by atoms with Gasteiger partial charge in [-0.15, -0.1) is 0 Å². The summed E-state index contributed by atoms with van der Waals surface area (Å²) < 4.78 is 5.40. The van der Waals surface area contributed by atoms with E-state index < -0.39 is 5.97 Å². The number of ether oxygens (including phenoxy) is 1. The Morgan fingerprint density at radius 3 is 2.81 bits per heavy atom. The highest BCUT2D eigenvalue weighted by atomic mass is 16.5. The Hall–Kier alpha value is -1.30. The van der Waals surface area contributed by atoms with Crippen molar-refractivity contribution in [3.63, 3.8) is 0 Å². The minimum atomic E-state index is -0.730. The van der Waals surface area contributed by atoms with Crippen molar-refractivity contribution in [3.8, 4) is 0 Å². The summed E-state index contributed by atoms with van der Waals surface area (Å²) in [5, 5.41) is 12.2. The molecule has 0 aromatic carbocycles. The number of nitrogens with zero attached hydrogens (tertiary/aromatic N) is 1. The SMILES string of the molecule is CCC1COCCN1C(=O)NCC1CCCCC1C(=O)O. The van der Waals surface area contributed by atoms with Crippen molar-refractivity contribution >= 4 is 12.0 Å². The van der Waals surface area contributed by atoms with Gasteiger partial charge in [0.1, 0.15) is 0 Å². The molecular weight excluding hydrogens is 272 g/mol. The Balaban J connectivity index is 1.85. The number of rotatable bonds is 4. The van der Waals surface area contributed by atoms with Gasteiger partial charge in [-0.3, -0.25) is 4.79 Å². The summed E-state index contributed by atoms with van der Waals surface area (Å²) in [6, 6.07) is 0.0419. The topological polar surface area (TPSA) is 78.9 Å². The molecule has 2 fully saturated rings. The average molecular weight is 298 g/mol. The molecule has 6 heteroatoms. The normalized spacial score (nSPS) is 30.0. The maximum atomic E-state index is 12.3. The largest absolute Gasteiger partial charge is 0.481 e. The fourth-order valence-corrected chi connectivity index (χ4v) is 3.36.